The molecule has 0 saturated heterocycles. The zero-order valence-corrected chi connectivity index (χ0v) is 17.0. The van der Waals surface area contributed by atoms with Gasteiger partial charge in [-0.1, -0.05) is 36.4 Å². The van der Waals surface area contributed by atoms with Gasteiger partial charge in [0.25, 0.3) is 5.56 Å². The normalized spacial score (nSPS) is 11.0. The summed E-state index contributed by atoms with van der Waals surface area (Å²) in [6.45, 7) is 1.75. The molecule has 1 N–H and O–H groups in total. The predicted octanol–water partition coefficient (Wildman–Crippen LogP) is 2.06. The summed E-state index contributed by atoms with van der Waals surface area (Å²) < 4.78 is 5.44. The number of para-hydroxylation sites is 1. The van der Waals surface area contributed by atoms with E-state index in [-0.39, 0.29) is 17.9 Å². The van der Waals surface area contributed by atoms with Crippen LogP contribution in [0.1, 0.15) is 11.3 Å². The second-order valence-electron chi connectivity index (χ2n) is 7.15. The lowest BCUT2D eigenvalue weighted by atomic mass is 10.1. The van der Waals surface area contributed by atoms with Gasteiger partial charge >= 0.3 is 0 Å². The Kier molecular flexibility index (Phi) is 6.61. The van der Waals surface area contributed by atoms with Crippen LogP contribution in [0.3, 0.4) is 0 Å². The van der Waals surface area contributed by atoms with Crippen molar-refractivity contribution >= 4 is 16.7 Å². The minimum atomic E-state index is -0.254. The molecule has 0 atom stereocenters. The lowest BCUT2D eigenvalue weighted by molar-refractivity contribution is -0.131. The van der Waals surface area contributed by atoms with Gasteiger partial charge in [0.1, 0.15) is 5.75 Å². The van der Waals surface area contributed by atoms with Gasteiger partial charge in [-0.2, -0.15) is 5.10 Å². The van der Waals surface area contributed by atoms with Crippen molar-refractivity contribution in [2.75, 3.05) is 34.3 Å². The van der Waals surface area contributed by atoms with E-state index in [1.165, 1.54) is 0 Å². The topological polar surface area (TPSA) is 78.5 Å². The standard InChI is InChI=1S/C22H26N4O3/c1-25(2)12-13-26(15-16-8-4-7-11-20(16)29-3)21(27)14-19-17-9-5-6-10-18(17)22(28)24-23-19/h4-11H,12-15H2,1-3H3,(H,24,28). The molecule has 0 aliphatic carbocycles. The van der Waals surface area contributed by atoms with Crippen LogP contribution in [0.5, 0.6) is 5.75 Å². The van der Waals surface area contributed by atoms with Crippen molar-refractivity contribution in [2.45, 2.75) is 13.0 Å². The summed E-state index contributed by atoms with van der Waals surface area (Å²) in [5.41, 5.74) is 1.26. The van der Waals surface area contributed by atoms with E-state index in [0.717, 1.165) is 17.9 Å². The first kappa shape index (κ1) is 20.5. The van der Waals surface area contributed by atoms with E-state index in [9.17, 15) is 9.59 Å². The molecule has 0 unspecified atom stereocenters. The van der Waals surface area contributed by atoms with E-state index in [0.29, 0.717) is 29.6 Å². The summed E-state index contributed by atoms with van der Waals surface area (Å²) in [6.07, 6.45) is 0.111. The van der Waals surface area contributed by atoms with Crippen LogP contribution in [0.15, 0.2) is 53.3 Å². The number of H-pyrrole nitrogens is 1. The SMILES string of the molecule is COc1ccccc1CN(CCN(C)C)C(=O)Cc1n[nH]c(=O)c2ccccc12. The van der Waals surface area contributed by atoms with E-state index in [1.54, 1.807) is 24.1 Å². The number of methoxy groups -OCH3 is 1. The van der Waals surface area contributed by atoms with E-state index in [2.05, 4.69) is 10.2 Å². The van der Waals surface area contributed by atoms with Gasteiger partial charge in [0.2, 0.25) is 5.91 Å². The van der Waals surface area contributed by atoms with Gasteiger partial charge in [0.15, 0.2) is 0 Å². The number of nitrogens with one attached hydrogen (secondary N) is 1. The molecule has 7 nitrogen and oxygen atoms in total. The zero-order valence-electron chi connectivity index (χ0n) is 17.0. The third-order valence-electron chi connectivity index (χ3n) is 4.82. The minimum Gasteiger partial charge on any atom is -0.496 e. The van der Waals surface area contributed by atoms with Gasteiger partial charge in [-0.15, -0.1) is 0 Å². The molecule has 3 aromatic rings. The highest BCUT2D eigenvalue weighted by molar-refractivity contribution is 5.88. The van der Waals surface area contributed by atoms with Crippen molar-refractivity contribution in [1.82, 2.24) is 20.0 Å². The Morgan fingerprint density at radius 3 is 2.45 bits per heavy atom. The largest absolute Gasteiger partial charge is 0.496 e. The summed E-state index contributed by atoms with van der Waals surface area (Å²) >= 11 is 0. The number of ether oxygens (including phenoxy) is 1. The average Bonchev–Trinajstić information content (AvgIpc) is 2.73. The molecule has 3 rings (SSSR count). The van der Waals surface area contributed by atoms with Crippen molar-refractivity contribution < 1.29 is 9.53 Å². The highest BCUT2D eigenvalue weighted by Crippen LogP contribution is 2.20. The smallest absolute Gasteiger partial charge is 0.272 e. The number of hydrogen-bond acceptors (Lipinski definition) is 5. The molecule has 0 fully saturated rings. The first-order chi connectivity index (χ1) is 14.0. The Hall–Kier alpha value is -3.19. The number of carbonyl (C=O) groups excluding carboxylic acids is 1. The average molecular weight is 394 g/mol. The number of likely N-dealkylation sites (N-methyl/N-ethyl adjacent to an activating group) is 1. The summed E-state index contributed by atoms with van der Waals surface area (Å²) in [4.78, 5) is 29.0. The maximum absolute atomic E-state index is 13.2. The van der Waals surface area contributed by atoms with Crippen molar-refractivity contribution in [2.24, 2.45) is 0 Å². The number of aromatic nitrogens is 2. The van der Waals surface area contributed by atoms with Gasteiger partial charge in [0.05, 0.1) is 24.6 Å². The van der Waals surface area contributed by atoms with Crippen LogP contribution in [-0.4, -0.2) is 60.2 Å². The van der Waals surface area contributed by atoms with Crippen molar-refractivity contribution in [3.05, 3.63) is 70.1 Å². The van der Waals surface area contributed by atoms with Gasteiger partial charge in [-0.3, -0.25) is 9.59 Å². The molecule has 1 heterocycles. The van der Waals surface area contributed by atoms with E-state index < -0.39 is 0 Å². The summed E-state index contributed by atoms with van der Waals surface area (Å²) in [5, 5.41) is 7.89. The van der Waals surface area contributed by atoms with E-state index >= 15 is 0 Å². The van der Waals surface area contributed by atoms with Gasteiger partial charge < -0.3 is 14.5 Å². The molecule has 0 spiro atoms. The van der Waals surface area contributed by atoms with Crippen LogP contribution in [0.4, 0.5) is 0 Å². The van der Waals surface area contributed by atoms with Gasteiger partial charge in [0, 0.05) is 30.6 Å². The maximum atomic E-state index is 13.2. The van der Waals surface area contributed by atoms with Gasteiger partial charge in [-0.25, -0.2) is 5.10 Å². The Morgan fingerprint density at radius 1 is 1.03 bits per heavy atom. The van der Waals surface area contributed by atoms with Crippen molar-refractivity contribution in [1.29, 1.82) is 0 Å². The molecule has 0 bridgehead atoms. The number of hydrogen-bond donors (Lipinski definition) is 1. The van der Waals surface area contributed by atoms with Crippen LogP contribution < -0.4 is 10.3 Å². The molecule has 0 saturated carbocycles. The maximum Gasteiger partial charge on any atom is 0.272 e. The summed E-state index contributed by atoms with van der Waals surface area (Å²) in [5.74, 6) is 0.699. The molecular formula is C22H26N4O3. The number of aromatic amines is 1. The van der Waals surface area contributed by atoms with E-state index in [4.69, 9.17) is 4.74 Å². The van der Waals surface area contributed by atoms with E-state index in [1.807, 2.05) is 55.4 Å². The van der Waals surface area contributed by atoms with Crippen molar-refractivity contribution in [3.63, 3.8) is 0 Å². The third kappa shape index (κ3) is 5.00. The fraction of sp³-hybridized carbons (Fsp3) is 0.318. The molecule has 1 aromatic heterocycles. The van der Waals surface area contributed by atoms with Crippen LogP contribution in [0.25, 0.3) is 10.8 Å². The molecule has 2 aromatic carbocycles. The Labute approximate surface area is 169 Å². The molecule has 29 heavy (non-hydrogen) atoms. The number of amides is 1. The fourth-order valence-electron chi connectivity index (χ4n) is 3.21. The summed E-state index contributed by atoms with van der Waals surface area (Å²) in [6, 6.07) is 14.9. The quantitative estimate of drug-likeness (QED) is 0.633. The Balaban J connectivity index is 1.87. The van der Waals surface area contributed by atoms with Crippen LogP contribution in [-0.2, 0) is 17.8 Å². The third-order valence-corrected chi connectivity index (χ3v) is 4.82. The first-order valence-corrected chi connectivity index (χ1v) is 9.50. The highest BCUT2D eigenvalue weighted by Gasteiger charge is 2.19. The lowest BCUT2D eigenvalue weighted by Crippen LogP contribution is -2.37. The lowest BCUT2D eigenvalue weighted by Gasteiger charge is -2.25. The summed E-state index contributed by atoms with van der Waals surface area (Å²) in [7, 11) is 5.58. The highest BCUT2D eigenvalue weighted by atomic mass is 16.5. The van der Waals surface area contributed by atoms with Crippen LogP contribution in [0.2, 0.25) is 0 Å². The minimum absolute atomic E-state index is 0.0533. The molecule has 0 radical (unpaired) electrons. The predicted molar refractivity (Wildman–Crippen MR) is 113 cm³/mol. The molecule has 0 aliphatic rings. The first-order valence-electron chi connectivity index (χ1n) is 9.50. The monoisotopic (exact) mass is 394 g/mol. The second-order valence-corrected chi connectivity index (χ2v) is 7.15. The molecular weight excluding hydrogens is 368 g/mol. The Morgan fingerprint density at radius 2 is 1.72 bits per heavy atom. The number of fused-ring (bicyclic) bond motifs is 1. The Bertz CT molecular complexity index is 1050. The molecule has 0 aliphatic heterocycles. The number of nitrogens with zero attached hydrogens (tertiary/aromatic N) is 3. The van der Waals surface area contributed by atoms with Crippen LogP contribution >= 0.6 is 0 Å². The molecule has 1 amide bonds. The zero-order chi connectivity index (χ0) is 20.8. The number of carbonyl (C=O) groups is 1. The molecule has 152 valence electrons. The van der Waals surface area contributed by atoms with Gasteiger partial charge in [-0.05, 0) is 26.2 Å². The van der Waals surface area contributed by atoms with Crippen LogP contribution in [0, 0.1) is 0 Å². The molecule has 7 heteroatoms. The number of rotatable bonds is 8. The second kappa shape index (κ2) is 9.34. The number of benzene rings is 2. The van der Waals surface area contributed by atoms with Crippen molar-refractivity contribution in [3.8, 4) is 5.75 Å². The fourth-order valence-corrected chi connectivity index (χ4v) is 3.21.